The number of aryl methyl sites for hydroxylation is 2. The number of hydrogen-bond acceptors (Lipinski definition) is 6. The predicted octanol–water partition coefficient (Wildman–Crippen LogP) is 5.76. The van der Waals surface area contributed by atoms with Crippen LogP contribution in [0.2, 0.25) is 0 Å². The summed E-state index contributed by atoms with van der Waals surface area (Å²) in [5.74, 6) is 2.33. The zero-order chi connectivity index (χ0) is 32.6. The minimum atomic E-state index is -0.0877. The first-order valence-electron chi connectivity index (χ1n) is 16.8. The van der Waals surface area contributed by atoms with Crippen LogP contribution in [-0.2, 0) is 24.8 Å². The topological polar surface area (TPSA) is 120 Å². The average molecular weight is 632 g/mol. The van der Waals surface area contributed by atoms with Gasteiger partial charge >= 0.3 is 0 Å². The van der Waals surface area contributed by atoms with Gasteiger partial charge in [0.2, 0.25) is 5.91 Å². The zero-order valence-corrected chi connectivity index (χ0v) is 27.4. The minimum absolute atomic E-state index is 0.00353. The second kappa shape index (κ2) is 11.2. The number of likely N-dealkylation sites (tertiary alicyclic amines) is 1. The summed E-state index contributed by atoms with van der Waals surface area (Å²) < 4.78 is 10.3. The molecule has 242 valence electrons. The molecule has 2 unspecified atom stereocenters. The molecule has 10 nitrogen and oxygen atoms in total. The van der Waals surface area contributed by atoms with E-state index in [1.54, 1.807) is 7.11 Å². The van der Waals surface area contributed by atoms with Crippen molar-refractivity contribution in [3.05, 3.63) is 59.7 Å². The van der Waals surface area contributed by atoms with E-state index in [0.717, 1.165) is 81.9 Å². The summed E-state index contributed by atoms with van der Waals surface area (Å²) in [6.45, 7) is 5.21. The Morgan fingerprint density at radius 2 is 1.87 bits per heavy atom. The lowest BCUT2D eigenvalue weighted by Gasteiger charge is -2.27. The molecule has 2 aromatic carbocycles. The summed E-state index contributed by atoms with van der Waals surface area (Å²) in [4.78, 5) is 37.8. The third-order valence-electron chi connectivity index (χ3n) is 10.5. The van der Waals surface area contributed by atoms with Crippen molar-refractivity contribution in [3.8, 4) is 28.5 Å². The summed E-state index contributed by atoms with van der Waals surface area (Å²) in [7, 11) is 3.65. The molecule has 0 radical (unpaired) electrons. The van der Waals surface area contributed by atoms with Gasteiger partial charge in [0, 0.05) is 61.3 Å². The molecule has 3 aromatic heterocycles. The van der Waals surface area contributed by atoms with Crippen LogP contribution in [0.3, 0.4) is 0 Å². The largest absolute Gasteiger partial charge is 0.494 e. The summed E-state index contributed by atoms with van der Waals surface area (Å²) in [6, 6.07) is 16.3. The molecule has 2 aliphatic carbocycles. The van der Waals surface area contributed by atoms with Crippen molar-refractivity contribution in [3.63, 3.8) is 0 Å². The van der Waals surface area contributed by atoms with Crippen LogP contribution >= 0.6 is 0 Å². The summed E-state index contributed by atoms with van der Waals surface area (Å²) in [5.41, 5.74) is 14.4. The number of nitrogens with zero attached hydrogens (tertiary/aromatic N) is 5. The van der Waals surface area contributed by atoms with Gasteiger partial charge in [-0.1, -0.05) is 13.0 Å². The number of methoxy groups -OCH3 is 1. The number of imidazole rings is 1. The number of carbonyl (C=O) groups is 2. The van der Waals surface area contributed by atoms with E-state index in [2.05, 4.69) is 39.6 Å². The van der Waals surface area contributed by atoms with Crippen LogP contribution in [0.1, 0.15) is 55.5 Å². The molecule has 0 spiro atoms. The van der Waals surface area contributed by atoms with E-state index in [-0.39, 0.29) is 23.9 Å². The second-order valence-corrected chi connectivity index (χ2v) is 13.6. The number of amides is 2. The number of carbonyl (C=O) groups excluding carboxylic acids is 2. The summed E-state index contributed by atoms with van der Waals surface area (Å²) >= 11 is 0. The van der Waals surface area contributed by atoms with Gasteiger partial charge in [-0.15, -0.1) is 0 Å². The maximum absolute atomic E-state index is 13.8. The van der Waals surface area contributed by atoms with Gasteiger partial charge < -0.3 is 29.8 Å². The predicted molar refractivity (Wildman–Crippen MR) is 183 cm³/mol. The zero-order valence-electron chi connectivity index (χ0n) is 27.4. The summed E-state index contributed by atoms with van der Waals surface area (Å²) in [6.07, 6.45) is 5.28. The Hall–Kier alpha value is -4.70. The third kappa shape index (κ3) is 4.97. The van der Waals surface area contributed by atoms with Crippen molar-refractivity contribution in [2.75, 3.05) is 19.0 Å². The maximum atomic E-state index is 13.8. The Kier molecular flexibility index (Phi) is 7.09. The fraction of sp³-hybridized carbons (Fsp3) is 0.405. The number of rotatable bonds is 8. The van der Waals surface area contributed by atoms with Crippen molar-refractivity contribution in [1.29, 1.82) is 0 Å². The highest BCUT2D eigenvalue weighted by Gasteiger charge is 2.47. The van der Waals surface area contributed by atoms with Gasteiger partial charge in [0.25, 0.3) is 5.91 Å². The van der Waals surface area contributed by atoms with Crippen molar-refractivity contribution in [1.82, 2.24) is 24.0 Å². The number of fused-ring (bicyclic) bond motifs is 4. The number of nitrogens with one attached hydrogen (secondary N) is 1. The molecule has 8 rings (SSSR count). The molecule has 1 aliphatic heterocycles. The lowest BCUT2D eigenvalue weighted by atomic mass is 10.0. The first-order valence-corrected chi connectivity index (χ1v) is 16.8. The molecule has 2 bridgehead atoms. The fourth-order valence-electron chi connectivity index (χ4n) is 7.89. The van der Waals surface area contributed by atoms with Gasteiger partial charge in [0.1, 0.15) is 16.9 Å². The maximum Gasteiger partial charge on any atom is 0.254 e. The van der Waals surface area contributed by atoms with Gasteiger partial charge in [-0.25, -0.2) is 9.97 Å². The molecule has 2 amide bonds. The molecule has 3 N–H and O–H groups in total. The Bertz CT molecular complexity index is 2070. The molecule has 3 fully saturated rings. The van der Waals surface area contributed by atoms with Crippen LogP contribution in [0, 0.1) is 11.8 Å². The van der Waals surface area contributed by atoms with Gasteiger partial charge in [-0.2, -0.15) is 0 Å². The number of benzene rings is 2. The smallest absolute Gasteiger partial charge is 0.254 e. The SMILES string of the molecule is CCc1cc(NC(C)=O)ccc1-c1ccc2cc(-c3nc4cc(C(=O)N5CC6CCC5[C@@H]6N)cc(OC)c4n3C)n(CC3CC3)c2n1. The molecule has 1 saturated heterocycles. The quantitative estimate of drug-likeness (QED) is 0.225. The lowest BCUT2D eigenvalue weighted by molar-refractivity contribution is -0.114. The number of piperidine rings is 1. The Morgan fingerprint density at radius 3 is 2.55 bits per heavy atom. The van der Waals surface area contributed by atoms with Gasteiger partial charge in [-0.3, -0.25) is 9.59 Å². The molecular weight excluding hydrogens is 590 g/mol. The monoisotopic (exact) mass is 631 g/mol. The minimum Gasteiger partial charge on any atom is -0.494 e. The van der Waals surface area contributed by atoms with Crippen molar-refractivity contribution in [2.45, 2.75) is 64.6 Å². The average Bonchev–Trinajstić information content (AvgIpc) is 3.47. The van der Waals surface area contributed by atoms with E-state index in [9.17, 15) is 9.59 Å². The van der Waals surface area contributed by atoms with Gasteiger partial charge in [-0.05, 0) is 92.0 Å². The molecule has 2 saturated carbocycles. The Labute approximate surface area is 273 Å². The molecule has 10 heteroatoms. The Morgan fingerprint density at radius 1 is 1.04 bits per heavy atom. The molecule has 4 heterocycles. The number of pyridine rings is 1. The highest BCUT2D eigenvalue weighted by atomic mass is 16.5. The number of anilines is 1. The highest BCUT2D eigenvalue weighted by Crippen LogP contribution is 2.40. The summed E-state index contributed by atoms with van der Waals surface area (Å²) in [5, 5.41) is 3.94. The van der Waals surface area contributed by atoms with Crippen LogP contribution in [0.15, 0.2) is 48.5 Å². The molecule has 5 aromatic rings. The molecule has 3 atom stereocenters. The van der Waals surface area contributed by atoms with Crippen LogP contribution in [-0.4, -0.2) is 61.6 Å². The van der Waals surface area contributed by atoms with Gasteiger partial charge in [0.05, 0.1) is 24.0 Å². The molecule has 47 heavy (non-hydrogen) atoms. The van der Waals surface area contributed by atoms with Crippen LogP contribution in [0.5, 0.6) is 5.75 Å². The van der Waals surface area contributed by atoms with E-state index < -0.39 is 0 Å². The third-order valence-corrected chi connectivity index (χ3v) is 10.5. The van der Waals surface area contributed by atoms with Crippen LogP contribution in [0.25, 0.3) is 44.8 Å². The van der Waals surface area contributed by atoms with Crippen LogP contribution < -0.4 is 15.8 Å². The molecule has 3 aliphatic rings. The number of nitrogens with two attached hydrogens (primary N) is 1. The normalized spacial score (nSPS) is 20.4. The first-order chi connectivity index (χ1) is 22.7. The van der Waals surface area contributed by atoms with Crippen molar-refractivity contribution in [2.24, 2.45) is 24.6 Å². The van der Waals surface area contributed by atoms with E-state index in [1.165, 1.54) is 19.8 Å². The molecular formula is C37H41N7O3. The number of ether oxygens (including phenoxy) is 1. The first kappa shape index (κ1) is 29.7. The highest BCUT2D eigenvalue weighted by molar-refractivity contribution is 6.00. The lowest BCUT2D eigenvalue weighted by Crippen LogP contribution is -2.41. The van der Waals surface area contributed by atoms with E-state index >= 15 is 0 Å². The van der Waals surface area contributed by atoms with Gasteiger partial charge in [0.15, 0.2) is 5.82 Å². The number of aromatic nitrogens is 4. The van der Waals surface area contributed by atoms with E-state index in [0.29, 0.717) is 29.7 Å². The second-order valence-electron chi connectivity index (χ2n) is 13.6. The fourth-order valence-corrected chi connectivity index (χ4v) is 7.89. The standard InChI is InChI=1S/C37H41N7O3/c1-5-22-14-26(39-20(2)45)10-11-27(22)28-12-8-23-16-31(43(35(23)40-28)18-21-6-7-21)36-41-29-15-25(17-32(47-4)34(29)42(36)3)37(46)44-19-24-9-13-30(44)33(24)38/h8,10-12,14-17,21,24,30,33H,5-7,9,13,18-19,38H2,1-4H3,(H,39,45)/t24?,30?,33-/m1/s1. The van der Waals surface area contributed by atoms with Crippen molar-refractivity contribution >= 4 is 39.6 Å². The number of hydrogen-bond donors (Lipinski definition) is 2. The van der Waals surface area contributed by atoms with Crippen LogP contribution in [0.4, 0.5) is 5.69 Å². The van der Waals surface area contributed by atoms with E-state index in [1.807, 2.05) is 42.3 Å². The van der Waals surface area contributed by atoms with Crippen molar-refractivity contribution < 1.29 is 14.3 Å². The Balaban J connectivity index is 1.22. The van der Waals surface area contributed by atoms with E-state index in [4.69, 9.17) is 20.4 Å².